The SMILES string of the molecule is CS(=O)(=O)c1ccc(Nc2cc(C(N)=S)ccn2)cc1. The summed E-state index contributed by atoms with van der Waals surface area (Å²) in [4.78, 5) is 4.71. The molecule has 0 radical (unpaired) electrons. The monoisotopic (exact) mass is 307 g/mol. The molecule has 0 amide bonds. The van der Waals surface area contributed by atoms with Crippen molar-refractivity contribution in [3.63, 3.8) is 0 Å². The van der Waals surface area contributed by atoms with Gasteiger partial charge in [-0.25, -0.2) is 13.4 Å². The van der Waals surface area contributed by atoms with Crippen LogP contribution in [0.2, 0.25) is 0 Å². The van der Waals surface area contributed by atoms with Gasteiger partial charge in [-0.3, -0.25) is 0 Å². The molecular formula is C13H13N3O2S2. The van der Waals surface area contributed by atoms with Crippen LogP contribution in [0.3, 0.4) is 0 Å². The van der Waals surface area contributed by atoms with E-state index in [1.807, 2.05) is 0 Å². The maximum atomic E-state index is 11.4. The number of pyridine rings is 1. The lowest BCUT2D eigenvalue weighted by atomic mass is 10.2. The molecule has 0 fully saturated rings. The summed E-state index contributed by atoms with van der Waals surface area (Å²) in [5.41, 5.74) is 6.99. The van der Waals surface area contributed by atoms with Crippen molar-refractivity contribution >= 4 is 38.5 Å². The fraction of sp³-hybridized carbons (Fsp3) is 0.0769. The Morgan fingerprint density at radius 3 is 2.45 bits per heavy atom. The molecule has 1 aromatic carbocycles. The predicted molar refractivity (Wildman–Crippen MR) is 83.0 cm³/mol. The molecule has 0 unspecified atom stereocenters. The van der Waals surface area contributed by atoms with Crippen LogP contribution in [0.5, 0.6) is 0 Å². The quantitative estimate of drug-likeness (QED) is 0.839. The third-order valence-corrected chi connectivity index (χ3v) is 3.96. The second kappa shape index (κ2) is 5.56. The fourth-order valence-electron chi connectivity index (χ4n) is 1.59. The average Bonchev–Trinajstić information content (AvgIpc) is 2.38. The van der Waals surface area contributed by atoms with Gasteiger partial charge in [-0.15, -0.1) is 0 Å². The number of anilines is 2. The molecule has 0 atom stereocenters. The number of thiocarbonyl (C=S) groups is 1. The summed E-state index contributed by atoms with van der Waals surface area (Å²) >= 11 is 4.90. The number of nitrogens with one attached hydrogen (secondary N) is 1. The molecule has 5 nitrogen and oxygen atoms in total. The first-order valence-electron chi connectivity index (χ1n) is 5.69. The number of sulfone groups is 1. The minimum absolute atomic E-state index is 0.271. The van der Waals surface area contributed by atoms with E-state index in [1.165, 1.54) is 18.4 Å². The molecule has 0 bridgehead atoms. The van der Waals surface area contributed by atoms with Gasteiger partial charge in [-0.05, 0) is 36.4 Å². The van der Waals surface area contributed by atoms with Crippen LogP contribution in [-0.4, -0.2) is 24.6 Å². The van der Waals surface area contributed by atoms with E-state index in [0.717, 1.165) is 5.69 Å². The Kier molecular flexibility index (Phi) is 4.01. The number of rotatable bonds is 4. The van der Waals surface area contributed by atoms with Crippen molar-refractivity contribution in [3.05, 3.63) is 48.2 Å². The van der Waals surface area contributed by atoms with E-state index in [-0.39, 0.29) is 4.90 Å². The zero-order valence-corrected chi connectivity index (χ0v) is 12.3. The van der Waals surface area contributed by atoms with Crippen LogP contribution < -0.4 is 11.1 Å². The largest absolute Gasteiger partial charge is 0.389 e. The standard InChI is InChI=1S/C13H13N3O2S2/c1-20(17,18)11-4-2-10(3-5-11)16-12-8-9(13(14)19)6-7-15-12/h2-8H,1H3,(H2,14,19)(H,15,16). The van der Waals surface area contributed by atoms with Gasteiger partial charge in [0, 0.05) is 23.7 Å². The van der Waals surface area contributed by atoms with Crippen molar-refractivity contribution in [2.45, 2.75) is 4.90 Å². The molecule has 104 valence electrons. The first kappa shape index (κ1) is 14.4. The molecule has 20 heavy (non-hydrogen) atoms. The third-order valence-electron chi connectivity index (χ3n) is 2.60. The van der Waals surface area contributed by atoms with Crippen LogP contribution in [0, 0.1) is 0 Å². The summed E-state index contributed by atoms with van der Waals surface area (Å²) in [6.07, 6.45) is 2.77. The second-order valence-electron chi connectivity index (χ2n) is 4.22. The molecule has 2 aromatic rings. The normalized spacial score (nSPS) is 11.1. The highest BCUT2D eigenvalue weighted by molar-refractivity contribution is 7.90. The number of hydrogen-bond acceptors (Lipinski definition) is 5. The molecule has 1 heterocycles. The molecule has 0 spiro atoms. The average molecular weight is 307 g/mol. The van der Waals surface area contributed by atoms with Crippen LogP contribution in [-0.2, 0) is 9.84 Å². The molecule has 0 saturated carbocycles. The Morgan fingerprint density at radius 2 is 1.90 bits per heavy atom. The highest BCUT2D eigenvalue weighted by Crippen LogP contribution is 2.18. The second-order valence-corrected chi connectivity index (χ2v) is 6.67. The minimum Gasteiger partial charge on any atom is -0.389 e. The summed E-state index contributed by atoms with van der Waals surface area (Å²) in [7, 11) is -3.19. The first-order valence-corrected chi connectivity index (χ1v) is 7.99. The van der Waals surface area contributed by atoms with E-state index in [0.29, 0.717) is 16.4 Å². The maximum absolute atomic E-state index is 11.4. The molecule has 0 aliphatic heterocycles. The van der Waals surface area contributed by atoms with Gasteiger partial charge in [-0.2, -0.15) is 0 Å². The van der Waals surface area contributed by atoms with Crippen molar-refractivity contribution < 1.29 is 8.42 Å². The lowest BCUT2D eigenvalue weighted by Crippen LogP contribution is -2.09. The first-order chi connectivity index (χ1) is 9.36. The van der Waals surface area contributed by atoms with Gasteiger partial charge in [0.05, 0.1) is 4.90 Å². The third kappa shape index (κ3) is 3.52. The van der Waals surface area contributed by atoms with Crippen molar-refractivity contribution in [3.8, 4) is 0 Å². The Bertz CT molecular complexity index is 740. The Labute approximate surface area is 122 Å². The number of nitrogens with two attached hydrogens (primary N) is 1. The number of aromatic nitrogens is 1. The molecule has 2 rings (SSSR count). The van der Waals surface area contributed by atoms with Gasteiger partial charge in [0.2, 0.25) is 0 Å². The zero-order chi connectivity index (χ0) is 14.8. The van der Waals surface area contributed by atoms with E-state index in [2.05, 4.69) is 10.3 Å². The summed E-state index contributed by atoms with van der Waals surface area (Å²) in [5, 5.41) is 3.06. The van der Waals surface area contributed by atoms with Gasteiger partial charge in [-0.1, -0.05) is 12.2 Å². The Morgan fingerprint density at radius 1 is 1.25 bits per heavy atom. The highest BCUT2D eigenvalue weighted by Gasteiger charge is 2.06. The van der Waals surface area contributed by atoms with Crippen LogP contribution in [0.15, 0.2) is 47.5 Å². The molecule has 0 aliphatic carbocycles. The topological polar surface area (TPSA) is 85.1 Å². The predicted octanol–water partition coefficient (Wildman–Crippen LogP) is 1.86. The lowest BCUT2D eigenvalue weighted by Gasteiger charge is -2.07. The van der Waals surface area contributed by atoms with E-state index >= 15 is 0 Å². The molecule has 0 saturated heterocycles. The molecule has 3 N–H and O–H groups in total. The number of nitrogens with zero attached hydrogens (tertiary/aromatic N) is 1. The maximum Gasteiger partial charge on any atom is 0.175 e. The van der Waals surface area contributed by atoms with E-state index < -0.39 is 9.84 Å². The summed E-state index contributed by atoms with van der Waals surface area (Å²) < 4.78 is 22.7. The van der Waals surface area contributed by atoms with Crippen molar-refractivity contribution in [1.82, 2.24) is 4.98 Å². The van der Waals surface area contributed by atoms with Crippen molar-refractivity contribution in [2.75, 3.05) is 11.6 Å². The van der Waals surface area contributed by atoms with Crippen LogP contribution >= 0.6 is 12.2 Å². The molecule has 1 aromatic heterocycles. The number of hydrogen-bond donors (Lipinski definition) is 2. The summed E-state index contributed by atoms with van der Waals surface area (Å²) in [5.74, 6) is 0.586. The molecular weight excluding hydrogens is 294 g/mol. The van der Waals surface area contributed by atoms with Crippen molar-refractivity contribution in [1.29, 1.82) is 0 Å². The number of benzene rings is 1. The van der Waals surface area contributed by atoms with Gasteiger partial charge in [0.25, 0.3) is 0 Å². The van der Waals surface area contributed by atoms with Gasteiger partial charge in [0.15, 0.2) is 9.84 Å². The van der Waals surface area contributed by atoms with Crippen LogP contribution in [0.4, 0.5) is 11.5 Å². The van der Waals surface area contributed by atoms with Gasteiger partial charge >= 0.3 is 0 Å². The van der Waals surface area contributed by atoms with E-state index in [9.17, 15) is 8.42 Å². The summed E-state index contributed by atoms with van der Waals surface area (Å²) in [6.45, 7) is 0. The smallest absolute Gasteiger partial charge is 0.175 e. The van der Waals surface area contributed by atoms with Crippen molar-refractivity contribution in [2.24, 2.45) is 5.73 Å². The fourth-order valence-corrected chi connectivity index (χ4v) is 2.34. The van der Waals surface area contributed by atoms with E-state index in [1.54, 1.807) is 30.5 Å². The van der Waals surface area contributed by atoms with Crippen LogP contribution in [0.1, 0.15) is 5.56 Å². The minimum atomic E-state index is -3.19. The van der Waals surface area contributed by atoms with Gasteiger partial charge < -0.3 is 11.1 Å². The van der Waals surface area contributed by atoms with E-state index in [4.69, 9.17) is 18.0 Å². The lowest BCUT2D eigenvalue weighted by molar-refractivity contribution is 0.602. The Balaban J connectivity index is 2.22. The van der Waals surface area contributed by atoms with Crippen LogP contribution in [0.25, 0.3) is 0 Å². The summed E-state index contributed by atoms with van der Waals surface area (Å²) in [6, 6.07) is 9.87. The Hall–Kier alpha value is -1.99. The zero-order valence-electron chi connectivity index (χ0n) is 10.7. The van der Waals surface area contributed by atoms with Gasteiger partial charge in [0.1, 0.15) is 10.8 Å². The molecule has 7 heteroatoms. The molecule has 0 aliphatic rings. The highest BCUT2D eigenvalue weighted by atomic mass is 32.2.